The van der Waals surface area contributed by atoms with Gasteiger partial charge in [-0.1, -0.05) is 48.5 Å². The minimum absolute atomic E-state index is 0.215. The summed E-state index contributed by atoms with van der Waals surface area (Å²) in [5.41, 5.74) is 6.25. The molecule has 0 spiro atoms. The number of halogens is 2. The lowest BCUT2D eigenvalue weighted by molar-refractivity contribution is 0.135. The molecule has 0 radical (unpaired) electrons. The first kappa shape index (κ1) is 29.6. The lowest BCUT2D eigenvalue weighted by atomic mass is 9.98. The van der Waals surface area contributed by atoms with Crippen LogP contribution in [0, 0.1) is 11.6 Å². The van der Waals surface area contributed by atoms with Gasteiger partial charge in [-0.15, -0.1) is 0 Å². The third kappa shape index (κ3) is 6.20. The molecule has 240 valence electrons. The zero-order valence-electron chi connectivity index (χ0n) is 26.4. The van der Waals surface area contributed by atoms with Gasteiger partial charge in [-0.3, -0.25) is 0 Å². The first-order valence-corrected chi connectivity index (χ1v) is 16.7. The number of anilines is 2. The Bertz CT molecular complexity index is 1970. The van der Waals surface area contributed by atoms with Gasteiger partial charge in [0.25, 0.3) is 0 Å². The quantitative estimate of drug-likeness (QED) is 0.191. The van der Waals surface area contributed by atoms with Gasteiger partial charge in [-0.2, -0.15) is 0 Å². The van der Waals surface area contributed by atoms with Crippen molar-refractivity contribution >= 4 is 34.0 Å². The maximum absolute atomic E-state index is 13.6. The maximum atomic E-state index is 13.6. The van der Waals surface area contributed by atoms with Crippen molar-refractivity contribution in [3.05, 3.63) is 120 Å². The highest BCUT2D eigenvalue weighted by Crippen LogP contribution is 2.30. The number of benzene rings is 4. The first-order chi connectivity index (χ1) is 23.1. The van der Waals surface area contributed by atoms with E-state index in [1.807, 2.05) is 42.5 Å². The number of likely N-dealkylation sites (tertiary alicyclic amines) is 1. The molecular formula is C38H39F2N7. The van der Waals surface area contributed by atoms with Crippen molar-refractivity contribution in [3.63, 3.8) is 0 Å². The molecule has 9 heteroatoms. The van der Waals surface area contributed by atoms with E-state index in [1.165, 1.54) is 24.3 Å². The van der Waals surface area contributed by atoms with Crippen molar-refractivity contribution in [3.8, 4) is 0 Å². The highest BCUT2D eigenvalue weighted by Gasteiger charge is 2.30. The smallest absolute Gasteiger partial charge is 0.206 e. The number of hydrogen-bond donors (Lipinski definition) is 1. The fourth-order valence-electron chi connectivity index (χ4n) is 7.37. The zero-order chi connectivity index (χ0) is 31.7. The Morgan fingerprint density at radius 2 is 1.13 bits per heavy atom. The molecule has 0 amide bonds. The monoisotopic (exact) mass is 631 g/mol. The summed E-state index contributed by atoms with van der Waals surface area (Å²) < 4.78 is 31.6. The third-order valence-corrected chi connectivity index (χ3v) is 9.92. The normalized spacial score (nSPS) is 16.8. The second kappa shape index (κ2) is 12.8. The van der Waals surface area contributed by atoms with Gasteiger partial charge in [0.2, 0.25) is 11.9 Å². The molecule has 4 aromatic carbocycles. The Labute approximate surface area is 273 Å². The number of hydrogen-bond acceptors (Lipinski definition) is 5. The highest BCUT2D eigenvalue weighted by atomic mass is 19.1. The van der Waals surface area contributed by atoms with E-state index in [-0.39, 0.29) is 11.6 Å². The predicted octanol–water partition coefficient (Wildman–Crippen LogP) is 7.31. The topological polar surface area (TPSA) is 54.2 Å². The van der Waals surface area contributed by atoms with Gasteiger partial charge in [-0.05, 0) is 85.3 Å². The molecule has 0 unspecified atom stereocenters. The Morgan fingerprint density at radius 3 is 1.74 bits per heavy atom. The molecule has 47 heavy (non-hydrogen) atoms. The third-order valence-electron chi connectivity index (χ3n) is 9.92. The van der Waals surface area contributed by atoms with Gasteiger partial charge in [-0.25, -0.2) is 18.7 Å². The van der Waals surface area contributed by atoms with E-state index in [9.17, 15) is 8.78 Å². The maximum Gasteiger partial charge on any atom is 0.206 e. The molecule has 7 nitrogen and oxygen atoms in total. The highest BCUT2D eigenvalue weighted by molar-refractivity contribution is 5.79. The van der Waals surface area contributed by atoms with E-state index < -0.39 is 0 Å². The number of nitrogens with zero attached hydrogens (tertiary/aromatic N) is 6. The Morgan fingerprint density at radius 1 is 0.596 bits per heavy atom. The molecule has 2 aliphatic rings. The molecule has 2 saturated heterocycles. The summed E-state index contributed by atoms with van der Waals surface area (Å²) in [6.07, 6.45) is 4.33. The zero-order valence-corrected chi connectivity index (χ0v) is 26.4. The van der Waals surface area contributed by atoms with Crippen LogP contribution in [0.2, 0.25) is 0 Å². The largest absolute Gasteiger partial charge is 0.353 e. The molecule has 8 rings (SSSR count). The molecule has 0 saturated carbocycles. The number of piperidine rings is 2. The lowest BCUT2D eigenvalue weighted by Crippen LogP contribution is -2.49. The summed E-state index contributed by atoms with van der Waals surface area (Å²) in [5, 5.41) is 3.78. The molecular weight excluding hydrogens is 592 g/mol. The standard InChI is InChI=1S/C38H39F2N7/c39-29-13-9-27(10-14-29)25-46-35-7-3-1-5-33(35)42-37(46)41-31-17-21-44(22-18-31)32-19-23-45(24-20-32)38-43-34-6-2-4-8-36(34)47(38)26-28-11-15-30(40)16-12-28/h1-16,31-32H,17-26H2,(H,41,42). The SMILES string of the molecule is Fc1ccc(Cn2c(NC3CCN(C4CCN(c5nc6ccccc6n5Cc5ccc(F)cc5)CC4)CC3)nc3ccccc32)cc1. The molecule has 0 bridgehead atoms. The van der Waals surface area contributed by atoms with Crippen LogP contribution < -0.4 is 10.2 Å². The molecule has 1 N–H and O–H groups in total. The number of para-hydroxylation sites is 4. The molecule has 2 fully saturated rings. The molecule has 0 atom stereocenters. The summed E-state index contributed by atoms with van der Waals surface area (Å²) in [6, 6.07) is 30.9. The molecule has 0 aliphatic carbocycles. The van der Waals surface area contributed by atoms with Gasteiger partial charge in [0.05, 0.1) is 35.2 Å². The van der Waals surface area contributed by atoms with Crippen molar-refractivity contribution < 1.29 is 8.78 Å². The van der Waals surface area contributed by atoms with Crippen LogP contribution in [0.15, 0.2) is 97.1 Å². The van der Waals surface area contributed by atoms with Crippen LogP contribution in [-0.4, -0.2) is 62.3 Å². The molecule has 2 aliphatic heterocycles. The van der Waals surface area contributed by atoms with Crippen molar-refractivity contribution in [2.45, 2.75) is 50.9 Å². The van der Waals surface area contributed by atoms with Gasteiger partial charge in [0, 0.05) is 38.3 Å². The number of nitrogens with one attached hydrogen (secondary N) is 1. The van der Waals surface area contributed by atoms with E-state index >= 15 is 0 Å². The van der Waals surface area contributed by atoms with Gasteiger partial charge in [0.15, 0.2) is 0 Å². The van der Waals surface area contributed by atoms with Gasteiger partial charge >= 0.3 is 0 Å². The minimum Gasteiger partial charge on any atom is -0.353 e. The van der Waals surface area contributed by atoms with Crippen molar-refractivity contribution in [2.75, 3.05) is 36.4 Å². The predicted molar refractivity (Wildman–Crippen MR) is 184 cm³/mol. The van der Waals surface area contributed by atoms with Gasteiger partial charge in [0.1, 0.15) is 11.6 Å². The fraction of sp³-hybridized carbons (Fsp3) is 0.316. The van der Waals surface area contributed by atoms with Crippen LogP contribution in [-0.2, 0) is 13.1 Å². The van der Waals surface area contributed by atoms with E-state index in [0.717, 1.165) is 97.0 Å². The fourth-order valence-corrected chi connectivity index (χ4v) is 7.37. The van der Waals surface area contributed by atoms with Crippen LogP contribution >= 0.6 is 0 Å². The van der Waals surface area contributed by atoms with Crippen molar-refractivity contribution in [2.24, 2.45) is 0 Å². The second-order valence-corrected chi connectivity index (χ2v) is 12.9. The second-order valence-electron chi connectivity index (χ2n) is 12.9. The van der Waals surface area contributed by atoms with Crippen LogP contribution in [0.1, 0.15) is 36.8 Å². The van der Waals surface area contributed by atoms with E-state index in [4.69, 9.17) is 9.97 Å². The number of rotatable bonds is 8. The molecule has 4 heterocycles. The summed E-state index contributed by atoms with van der Waals surface area (Å²) in [5.74, 6) is 1.45. The average Bonchev–Trinajstić information content (AvgIpc) is 3.65. The molecule has 6 aromatic rings. The average molecular weight is 632 g/mol. The minimum atomic E-state index is -0.221. The summed E-state index contributed by atoms with van der Waals surface area (Å²) >= 11 is 0. The van der Waals surface area contributed by atoms with E-state index in [1.54, 1.807) is 0 Å². The Kier molecular flexibility index (Phi) is 8.07. The Hall–Kier alpha value is -4.76. The summed E-state index contributed by atoms with van der Waals surface area (Å²) in [7, 11) is 0. The first-order valence-electron chi connectivity index (χ1n) is 16.7. The van der Waals surface area contributed by atoms with Crippen molar-refractivity contribution in [1.29, 1.82) is 0 Å². The van der Waals surface area contributed by atoms with E-state index in [0.29, 0.717) is 25.2 Å². The number of fused-ring (bicyclic) bond motifs is 2. The lowest BCUT2D eigenvalue weighted by Gasteiger charge is -2.42. The number of imidazole rings is 2. The number of aromatic nitrogens is 4. The van der Waals surface area contributed by atoms with Crippen LogP contribution in [0.5, 0.6) is 0 Å². The van der Waals surface area contributed by atoms with Crippen molar-refractivity contribution in [1.82, 2.24) is 24.0 Å². The summed E-state index contributed by atoms with van der Waals surface area (Å²) in [4.78, 5) is 15.1. The summed E-state index contributed by atoms with van der Waals surface area (Å²) in [6.45, 7) is 5.34. The molecule has 2 aromatic heterocycles. The van der Waals surface area contributed by atoms with E-state index in [2.05, 4.69) is 54.6 Å². The van der Waals surface area contributed by atoms with Crippen LogP contribution in [0.25, 0.3) is 22.1 Å². The van der Waals surface area contributed by atoms with Crippen LogP contribution in [0.3, 0.4) is 0 Å². The van der Waals surface area contributed by atoms with Crippen LogP contribution in [0.4, 0.5) is 20.7 Å². The van der Waals surface area contributed by atoms with Gasteiger partial charge < -0.3 is 24.3 Å². The Balaban J connectivity index is 0.909.